The van der Waals surface area contributed by atoms with E-state index in [0.29, 0.717) is 17.4 Å². The quantitative estimate of drug-likeness (QED) is 0.653. The molecule has 2 amide bonds. The summed E-state index contributed by atoms with van der Waals surface area (Å²) < 4.78 is 11.6. The third-order valence-electron chi connectivity index (χ3n) is 3.78. The number of para-hydroxylation sites is 1. The molecule has 0 aromatic heterocycles. The maximum Gasteiger partial charge on any atom is 0.276 e. The SMILES string of the molecule is Cc1ccccc1OCC(=O)NNC(=O)COc1ccc(C(C)C)cc1Br. The Bertz CT molecular complexity index is 808. The van der Waals surface area contributed by atoms with Crippen molar-refractivity contribution in [1.82, 2.24) is 10.9 Å². The van der Waals surface area contributed by atoms with E-state index in [2.05, 4.69) is 40.6 Å². The van der Waals surface area contributed by atoms with E-state index >= 15 is 0 Å². The third-order valence-corrected chi connectivity index (χ3v) is 4.39. The molecule has 0 spiro atoms. The van der Waals surface area contributed by atoms with Gasteiger partial charge < -0.3 is 9.47 Å². The van der Waals surface area contributed by atoms with Gasteiger partial charge in [-0.1, -0.05) is 38.1 Å². The second kappa shape index (κ2) is 9.97. The zero-order valence-corrected chi connectivity index (χ0v) is 17.1. The average Bonchev–Trinajstić information content (AvgIpc) is 2.64. The van der Waals surface area contributed by atoms with E-state index < -0.39 is 11.8 Å². The lowest BCUT2D eigenvalue weighted by atomic mass is 10.0. The number of hydrogen-bond acceptors (Lipinski definition) is 4. The van der Waals surface area contributed by atoms with Gasteiger partial charge in [-0.3, -0.25) is 20.4 Å². The number of carbonyl (C=O) groups excluding carboxylic acids is 2. The van der Waals surface area contributed by atoms with Crippen molar-refractivity contribution < 1.29 is 19.1 Å². The summed E-state index contributed by atoms with van der Waals surface area (Å²) in [5, 5.41) is 0. The van der Waals surface area contributed by atoms with Crippen LogP contribution in [0.15, 0.2) is 46.9 Å². The molecule has 144 valence electrons. The Hall–Kier alpha value is -2.54. The van der Waals surface area contributed by atoms with Crippen molar-refractivity contribution in [2.24, 2.45) is 0 Å². The van der Waals surface area contributed by atoms with Crippen LogP contribution in [0.2, 0.25) is 0 Å². The lowest BCUT2D eigenvalue weighted by Crippen LogP contribution is -2.45. The van der Waals surface area contributed by atoms with Crippen LogP contribution in [-0.2, 0) is 9.59 Å². The van der Waals surface area contributed by atoms with Gasteiger partial charge in [0.15, 0.2) is 13.2 Å². The second-order valence-corrected chi connectivity index (χ2v) is 7.14. The molecular formula is C20H23BrN2O4. The van der Waals surface area contributed by atoms with Gasteiger partial charge in [0.05, 0.1) is 4.47 Å². The second-order valence-electron chi connectivity index (χ2n) is 6.28. The molecule has 0 radical (unpaired) electrons. The van der Waals surface area contributed by atoms with Gasteiger partial charge in [0.1, 0.15) is 11.5 Å². The Balaban J connectivity index is 1.73. The van der Waals surface area contributed by atoms with Crippen LogP contribution in [0.3, 0.4) is 0 Å². The number of carbonyl (C=O) groups is 2. The molecule has 0 aliphatic carbocycles. The van der Waals surface area contributed by atoms with Crippen molar-refractivity contribution in [2.75, 3.05) is 13.2 Å². The molecule has 0 saturated carbocycles. The summed E-state index contributed by atoms with van der Waals surface area (Å²) in [7, 11) is 0. The summed E-state index contributed by atoms with van der Waals surface area (Å²) in [5.74, 6) is 0.643. The highest BCUT2D eigenvalue weighted by atomic mass is 79.9. The van der Waals surface area contributed by atoms with Crippen LogP contribution in [0.1, 0.15) is 30.9 Å². The zero-order chi connectivity index (χ0) is 19.8. The van der Waals surface area contributed by atoms with Gasteiger partial charge in [-0.2, -0.15) is 0 Å². The molecule has 0 atom stereocenters. The number of hydrazine groups is 1. The number of halogens is 1. The fourth-order valence-corrected chi connectivity index (χ4v) is 2.72. The maximum absolute atomic E-state index is 11.8. The Morgan fingerprint density at radius 1 is 0.963 bits per heavy atom. The summed E-state index contributed by atoms with van der Waals surface area (Å²) in [5.41, 5.74) is 6.68. The molecule has 2 N–H and O–H groups in total. The summed E-state index contributed by atoms with van der Waals surface area (Å²) in [6, 6.07) is 13.1. The number of aryl methyl sites for hydroxylation is 1. The molecule has 6 nitrogen and oxygen atoms in total. The minimum atomic E-state index is -0.473. The number of hydrogen-bond donors (Lipinski definition) is 2. The van der Waals surface area contributed by atoms with Crippen molar-refractivity contribution >= 4 is 27.7 Å². The van der Waals surface area contributed by atoms with Crippen LogP contribution in [0.4, 0.5) is 0 Å². The topological polar surface area (TPSA) is 76.7 Å². The Morgan fingerprint density at radius 2 is 1.56 bits per heavy atom. The van der Waals surface area contributed by atoms with Crippen molar-refractivity contribution in [3.63, 3.8) is 0 Å². The molecule has 0 bridgehead atoms. The average molecular weight is 435 g/mol. The molecule has 0 fully saturated rings. The fraction of sp³-hybridized carbons (Fsp3) is 0.300. The first-order valence-corrected chi connectivity index (χ1v) is 9.34. The molecule has 0 aliphatic heterocycles. The first-order chi connectivity index (χ1) is 12.9. The molecule has 7 heteroatoms. The summed E-state index contributed by atoms with van der Waals surface area (Å²) in [6.45, 7) is 5.66. The van der Waals surface area contributed by atoms with E-state index in [-0.39, 0.29) is 13.2 Å². The van der Waals surface area contributed by atoms with Gasteiger partial charge in [0.25, 0.3) is 11.8 Å². The number of nitrogens with one attached hydrogen (secondary N) is 2. The molecule has 2 aromatic carbocycles. The van der Waals surface area contributed by atoms with Gasteiger partial charge in [0, 0.05) is 0 Å². The standard InChI is InChI=1S/C20H23BrN2O4/c1-13(2)15-8-9-18(16(21)10-15)27-12-20(25)23-22-19(24)11-26-17-7-5-4-6-14(17)3/h4-10,13H,11-12H2,1-3H3,(H,22,24)(H,23,25). The van der Waals surface area contributed by atoms with Crippen molar-refractivity contribution in [3.05, 3.63) is 58.1 Å². The number of ether oxygens (including phenoxy) is 2. The van der Waals surface area contributed by atoms with E-state index in [1.54, 1.807) is 12.1 Å². The highest BCUT2D eigenvalue weighted by Gasteiger charge is 2.10. The number of benzene rings is 2. The summed E-state index contributed by atoms with van der Waals surface area (Å²) in [4.78, 5) is 23.6. The van der Waals surface area contributed by atoms with E-state index in [0.717, 1.165) is 10.0 Å². The Kier molecular flexibility index (Phi) is 7.67. The molecule has 0 heterocycles. The van der Waals surface area contributed by atoms with Crippen molar-refractivity contribution in [3.8, 4) is 11.5 Å². The van der Waals surface area contributed by atoms with Gasteiger partial charge in [-0.05, 0) is 58.1 Å². The lowest BCUT2D eigenvalue weighted by molar-refractivity contribution is -0.131. The lowest BCUT2D eigenvalue weighted by Gasteiger charge is -2.12. The van der Waals surface area contributed by atoms with Gasteiger partial charge in [-0.15, -0.1) is 0 Å². The first kappa shape index (κ1) is 20.8. The Labute approximate surface area is 167 Å². The minimum absolute atomic E-state index is 0.200. The smallest absolute Gasteiger partial charge is 0.276 e. The predicted octanol–water partition coefficient (Wildman–Crippen LogP) is 3.49. The number of amides is 2. The van der Waals surface area contributed by atoms with Crippen LogP contribution < -0.4 is 20.3 Å². The maximum atomic E-state index is 11.8. The molecule has 27 heavy (non-hydrogen) atoms. The molecule has 2 rings (SSSR count). The van der Waals surface area contributed by atoms with Crippen LogP contribution >= 0.6 is 15.9 Å². The van der Waals surface area contributed by atoms with E-state index in [1.165, 1.54) is 5.56 Å². The highest BCUT2D eigenvalue weighted by Crippen LogP contribution is 2.28. The van der Waals surface area contributed by atoms with Crippen LogP contribution in [0.5, 0.6) is 11.5 Å². The van der Waals surface area contributed by atoms with Crippen LogP contribution in [0.25, 0.3) is 0 Å². The van der Waals surface area contributed by atoms with E-state index in [1.807, 2.05) is 37.3 Å². The number of rotatable bonds is 7. The monoisotopic (exact) mass is 434 g/mol. The fourth-order valence-electron chi connectivity index (χ4n) is 2.21. The third kappa shape index (κ3) is 6.60. The summed E-state index contributed by atoms with van der Waals surface area (Å²) in [6.07, 6.45) is 0. The predicted molar refractivity (Wildman–Crippen MR) is 107 cm³/mol. The van der Waals surface area contributed by atoms with Gasteiger partial charge in [-0.25, -0.2) is 0 Å². The highest BCUT2D eigenvalue weighted by molar-refractivity contribution is 9.10. The molecule has 0 aliphatic rings. The normalized spacial score (nSPS) is 10.4. The van der Waals surface area contributed by atoms with Crippen LogP contribution in [-0.4, -0.2) is 25.0 Å². The first-order valence-electron chi connectivity index (χ1n) is 8.55. The van der Waals surface area contributed by atoms with Crippen molar-refractivity contribution in [2.45, 2.75) is 26.7 Å². The minimum Gasteiger partial charge on any atom is -0.483 e. The summed E-state index contributed by atoms with van der Waals surface area (Å²) >= 11 is 3.43. The molecule has 0 unspecified atom stereocenters. The van der Waals surface area contributed by atoms with E-state index in [4.69, 9.17) is 9.47 Å². The van der Waals surface area contributed by atoms with Gasteiger partial charge >= 0.3 is 0 Å². The van der Waals surface area contributed by atoms with E-state index in [9.17, 15) is 9.59 Å². The zero-order valence-electron chi connectivity index (χ0n) is 15.5. The molecular weight excluding hydrogens is 412 g/mol. The Morgan fingerprint density at radius 3 is 2.11 bits per heavy atom. The van der Waals surface area contributed by atoms with Crippen LogP contribution in [0, 0.1) is 6.92 Å². The van der Waals surface area contributed by atoms with Crippen molar-refractivity contribution in [1.29, 1.82) is 0 Å². The van der Waals surface area contributed by atoms with Gasteiger partial charge in [0.2, 0.25) is 0 Å². The molecule has 2 aromatic rings. The largest absolute Gasteiger partial charge is 0.483 e. The molecule has 0 saturated heterocycles.